The average molecular weight is 246 g/mol. The molecule has 0 fully saturated rings. The Balaban J connectivity index is 2.43. The van der Waals surface area contributed by atoms with Gasteiger partial charge in [0.1, 0.15) is 11.5 Å². The van der Waals surface area contributed by atoms with Gasteiger partial charge in [0, 0.05) is 4.90 Å². The lowest BCUT2D eigenvalue weighted by Crippen LogP contribution is -1.86. The van der Waals surface area contributed by atoms with E-state index in [4.69, 9.17) is 9.47 Å². The molecule has 0 aliphatic rings. The third-order valence-electron chi connectivity index (χ3n) is 2.60. The Labute approximate surface area is 107 Å². The van der Waals surface area contributed by atoms with Gasteiger partial charge in [-0.1, -0.05) is 12.1 Å². The Bertz CT molecular complexity index is 506. The van der Waals surface area contributed by atoms with Crippen LogP contribution in [0.15, 0.2) is 47.4 Å². The predicted octanol–water partition coefficient (Wildman–Crippen LogP) is 3.66. The maximum atomic E-state index is 5.22. The Hall–Kier alpha value is -1.61. The number of methoxy groups -OCH3 is 2. The molecule has 0 aliphatic heterocycles. The highest BCUT2D eigenvalue weighted by atomic mass is 32.1. The highest BCUT2D eigenvalue weighted by Gasteiger charge is 2.04. The standard InChI is InChI=1S/C14H14O2S/c1-15-11-5-3-10(4-6-11)13-9-12(16-2)7-8-14(13)17/h3-9,17H,1-2H3. The van der Waals surface area contributed by atoms with E-state index in [1.807, 2.05) is 42.5 Å². The SMILES string of the molecule is COc1ccc(-c2cc(OC)ccc2S)cc1. The summed E-state index contributed by atoms with van der Waals surface area (Å²) in [6.45, 7) is 0. The first kappa shape index (κ1) is 11.9. The van der Waals surface area contributed by atoms with Gasteiger partial charge in [-0.3, -0.25) is 0 Å². The largest absolute Gasteiger partial charge is 0.497 e. The van der Waals surface area contributed by atoms with Crippen LogP contribution in [0.2, 0.25) is 0 Å². The van der Waals surface area contributed by atoms with E-state index >= 15 is 0 Å². The molecule has 0 N–H and O–H groups in total. The molecule has 0 saturated heterocycles. The van der Waals surface area contributed by atoms with Gasteiger partial charge in [0.25, 0.3) is 0 Å². The normalized spacial score (nSPS) is 10.1. The third kappa shape index (κ3) is 2.56. The van der Waals surface area contributed by atoms with Gasteiger partial charge in [-0.25, -0.2) is 0 Å². The van der Waals surface area contributed by atoms with E-state index in [2.05, 4.69) is 12.6 Å². The summed E-state index contributed by atoms with van der Waals surface area (Å²) in [6, 6.07) is 13.7. The minimum Gasteiger partial charge on any atom is -0.497 e. The summed E-state index contributed by atoms with van der Waals surface area (Å²) in [5.41, 5.74) is 2.14. The number of rotatable bonds is 3. The molecule has 0 radical (unpaired) electrons. The van der Waals surface area contributed by atoms with E-state index in [0.29, 0.717) is 0 Å². The molecule has 2 aromatic carbocycles. The summed E-state index contributed by atoms with van der Waals surface area (Å²) in [6.07, 6.45) is 0. The summed E-state index contributed by atoms with van der Waals surface area (Å²) in [4.78, 5) is 0.927. The number of hydrogen-bond acceptors (Lipinski definition) is 3. The lowest BCUT2D eigenvalue weighted by Gasteiger charge is -2.08. The third-order valence-corrected chi connectivity index (χ3v) is 2.99. The quantitative estimate of drug-likeness (QED) is 0.833. The van der Waals surface area contributed by atoms with Crippen LogP contribution in [0.5, 0.6) is 11.5 Å². The minimum absolute atomic E-state index is 0.827. The first-order chi connectivity index (χ1) is 8.24. The van der Waals surface area contributed by atoms with Gasteiger partial charge in [-0.15, -0.1) is 12.6 Å². The number of thiol groups is 1. The van der Waals surface area contributed by atoms with Gasteiger partial charge in [0.2, 0.25) is 0 Å². The van der Waals surface area contributed by atoms with Crippen molar-refractivity contribution in [3.8, 4) is 22.6 Å². The molecule has 2 nitrogen and oxygen atoms in total. The lowest BCUT2D eigenvalue weighted by molar-refractivity contribution is 0.414. The van der Waals surface area contributed by atoms with Crippen molar-refractivity contribution < 1.29 is 9.47 Å². The molecule has 2 rings (SSSR count). The topological polar surface area (TPSA) is 18.5 Å². The van der Waals surface area contributed by atoms with Gasteiger partial charge in [-0.2, -0.15) is 0 Å². The fraction of sp³-hybridized carbons (Fsp3) is 0.143. The molecular weight excluding hydrogens is 232 g/mol. The highest BCUT2D eigenvalue weighted by molar-refractivity contribution is 7.80. The van der Waals surface area contributed by atoms with Gasteiger partial charge < -0.3 is 9.47 Å². The number of hydrogen-bond donors (Lipinski definition) is 1. The molecule has 0 spiro atoms. The van der Waals surface area contributed by atoms with Crippen molar-refractivity contribution in [2.24, 2.45) is 0 Å². The van der Waals surface area contributed by atoms with Gasteiger partial charge in [0.05, 0.1) is 14.2 Å². The van der Waals surface area contributed by atoms with Crippen molar-refractivity contribution >= 4 is 12.6 Å². The molecule has 0 atom stereocenters. The average Bonchev–Trinajstić information content (AvgIpc) is 2.39. The fourth-order valence-corrected chi connectivity index (χ4v) is 1.91. The molecule has 88 valence electrons. The zero-order chi connectivity index (χ0) is 12.3. The van der Waals surface area contributed by atoms with E-state index in [1.165, 1.54) is 0 Å². The number of benzene rings is 2. The molecular formula is C14H14O2S. The summed E-state index contributed by atoms with van der Waals surface area (Å²) in [7, 11) is 3.32. The lowest BCUT2D eigenvalue weighted by atomic mass is 10.1. The van der Waals surface area contributed by atoms with Crippen molar-refractivity contribution in [2.75, 3.05) is 14.2 Å². The van der Waals surface area contributed by atoms with Gasteiger partial charge in [-0.05, 0) is 41.5 Å². The zero-order valence-corrected chi connectivity index (χ0v) is 10.7. The van der Waals surface area contributed by atoms with Gasteiger partial charge in [0.15, 0.2) is 0 Å². The van der Waals surface area contributed by atoms with Crippen LogP contribution >= 0.6 is 12.6 Å². The molecule has 0 aliphatic carbocycles. The van der Waals surface area contributed by atoms with Crippen LogP contribution in [0.4, 0.5) is 0 Å². The highest BCUT2D eigenvalue weighted by Crippen LogP contribution is 2.31. The Morgan fingerprint density at radius 1 is 0.824 bits per heavy atom. The molecule has 0 heterocycles. The van der Waals surface area contributed by atoms with Crippen molar-refractivity contribution in [1.82, 2.24) is 0 Å². The Kier molecular flexibility index (Phi) is 3.59. The summed E-state index contributed by atoms with van der Waals surface area (Å²) in [5, 5.41) is 0. The minimum atomic E-state index is 0.827. The van der Waals surface area contributed by atoms with Crippen LogP contribution < -0.4 is 9.47 Å². The van der Waals surface area contributed by atoms with Crippen molar-refractivity contribution in [1.29, 1.82) is 0 Å². The van der Waals surface area contributed by atoms with Crippen LogP contribution in [0, 0.1) is 0 Å². The maximum Gasteiger partial charge on any atom is 0.119 e. The van der Waals surface area contributed by atoms with Crippen molar-refractivity contribution in [3.63, 3.8) is 0 Å². The summed E-state index contributed by atoms with van der Waals surface area (Å²) in [5.74, 6) is 1.67. The molecule has 17 heavy (non-hydrogen) atoms. The van der Waals surface area contributed by atoms with Crippen molar-refractivity contribution in [3.05, 3.63) is 42.5 Å². The van der Waals surface area contributed by atoms with E-state index in [-0.39, 0.29) is 0 Å². The second-order valence-corrected chi connectivity index (χ2v) is 4.09. The summed E-state index contributed by atoms with van der Waals surface area (Å²) >= 11 is 4.46. The molecule has 0 unspecified atom stereocenters. The molecule has 0 saturated carbocycles. The van der Waals surface area contributed by atoms with E-state index in [1.54, 1.807) is 14.2 Å². The van der Waals surface area contributed by atoms with Crippen molar-refractivity contribution in [2.45, 2.75) is 4.90 Å². The second-order valence-electron chi connectivity index (χ2n) is 3.61. The van der Waals surface area contributed by atoms with E-state index in [9.17, 15) is 0 Å². The first-order valence-corrected chi connectivity index (χ1v) is 5.70. The maximum absolute atomic E-state index is 5.22. The van der Waals surface area contributed by atoms with E-state index < -0.39 is 0 Å². The Morgan fingerprint density at radius 2 is 1.41 bits per heavy atom. The van der Waals surface area contributed by atoms with Crippen LogP contribution in [-0.4, -0.2) is 14.2 Å². The number of ether oxygens (including phenoxy) is 2. The molecule has 0 bridgehead atoms. The van der Waals surface area contributed by atoms with Crippen LogP contribution in [0.25, 0.3) is 11.1 Å². The molecule has 0 aromatic heterocycles. The Morgan fingerprint density at radius 3 is 2.00 bits per heavy atom. The molecule has 3 heteroatoms. The smallest absolute Gasteiger partial charge is 0.119 e. The molecule has 0 amide bonds. The van der Waals surface area contributed by atoms with Gasteiger partial charge >= 0.3 is 0 Å². The summed E-state index contributed by atoms with van der Waals surface area (Å²) < 4.78 is 10.4. The van der Waals surface area contributed by atoms with E-state index in [0.717, 1.165) is 27.5 Å². The molecule has 2 aromatic rings. The fourth-order valence-electron chi connectivity index (χ4n) is 1.64. The first-order valence-electron chi connectivity index (χ1n) is 5.26. The van der Waals surface area contributed by atoms with Crippen LogP contribution in [0.3, 0.4) is 0 Å². The zero-order valence-electron chi connectivity index (χ0n) is 9.81. The van der Waals surface area contributed by atoms with Crippen LogP contribution in [0.1, 0.15) is 0 Å². The monoisotopic (exact) mass is 246 g/mol. The predicted molar refractivity (Wildman–Crippen MR) is 72.2 cm³/mol. The second kappa shape index (κ2) is 5.15. The van der Waals surface area contributed by atoms with Crippen LogP contribution in [-0.2, 0) is 0 Å².